The quantitative estimate of drug-likeness (QED) is 0.687. The first kappa shape index (κ1) is 11.5. The second-order valence-electron chi connectivity index (χ2n) is 4.06. The first-order chi connectivity index (χ1) is 6.61. The highest BCUT2D eigenvalue weighted by Gasteiger charge is 2.23. The molecule has 0 aromatic heterocycles. The van der Waals surface area contributed by atoms with Crippen LogP contribution in [0, 0.1) is 5.92 Å². The molecular weight excluding hydrogens is 182 g/mol. The average molecular weight is 201 g/mol. The molecule has 4 nitrogen and oxygen atoms in total. The van der Waals surface area contributed by atoms with Crippen molar-refractivity contribution in [2.75, 3.05) is 13.2 Å². The van der Waals surface area contributed by atoms with E-state index >= 15 is 0 Å². The fourth-order valence-electron chi connectivity index (χ4n) is 1.34. The molecule has 0 aromatic rings. The molecule has 82 valence electrons. The Morgan fingerprint density at radius 3 is 2.86 bits per heavy atom. The molecule has 0 spiro atoms. The number of amides is 1. The summed E-state index contributed by atoms with van der Waals surface area (Å²) in [4.78, 5) is 11.4. The van der Waals surface area contributed by atoms with E-state index in [0.717, 1.165) is 12.8 Å². The summed E-state index contributed by atoms with van der Waals surface area (Å²) in [5.41, 5.74) is 0. The molecule has 1 aliphatic heterocycles. The third kappa shape index (κ3) is 3.27. The molecule has 0 bridgehead atoms. The minimum atomic E-state index is -0.472. The van der Waals surface area contributed by atoms with Crippen LogP contribution in [0.2, 0.25) is 0 Å². The Morgan fingerprint density at radius 1 is 1.64 bits per heavy atom. The summed E-state index contributed by atoms with van der Waals surface area (Å²) >= 11 is 0. The van der Waals surface area contributed by atoms with Crippen molar-refractivity contribution >= 4 is 5.91 Å². The first-order valence-electron chi connectivity index (χ1n) is 5.18. The van der Waals surface area contributed by atoms with Gasteiger partial charge in [-0.15, -0.1) is 0 Å². The van der Waals surface area contributed by atoms with Crippen molar-refractivity contribution in [2.24, 2.45) is 5.92 Å². The molecule has 1 fully saturated rings. The van der Waals surface area contributed by atoms with Crippen LogP contribution in [0.25, 0.3) is 0 Å². The van der Waals surface area contributed by atoms with Crippen molar-refractivity contribution < 1.29 is 14.6 Å². The van der Waals surface area contributed by atoms with Gasteiger partial charge in [-0.05, 0) is 18.8 Å². The van der Waals surface area contributed by atoms with Crippen molar-refractivity contribution in [2.45, 2.75) is 38.9 Å². The number of carbonyl (C=O) groups is 1. The molecule has 0 aromatic carbocycles. The molecule has 4 heteroatoms. The van der Waals surface area contributed by atoms with Crippen LogP contribution in [0.4, 0.5) is 0 Å². The second-order valence-corrected chi connectivity index (χ2v) is 4.06. The molecular formula is C10H19NO3. The van der Waals surface area contributed by atoms with E-state index in [9.17, 15) is 9.90 Å². The van der Waals surface area contributed by atoms with Crippen LogP contribution >= 0.6 is 0 Å². The SMILES string of the molecule is CC(C)C(O)CNC(=O)[C@H]1CCCO1. The van der Waals surface area contributed by atoms with E-state index < -0.39 is 6.10 Å². The molecule has 2 N–H and O–H groups in total. The second kappa shape index (κ2) is 5.32. The molecule has 14 heavy (non-hydrogen) atoms. The minimum Gasteiger partial charge on any atom is -0.391 e. The maximum atomic E-state index is 11.4. The fraction of sp³-hybridized carbons (Fsp3) is 0.900. The van der Waals surface area contributed by atoms with E-state index in [2.05, 4.69) is 5.32 Å². The number of rotatable bonds is 4. The van der Waals surface area contributed by atoms with Gasteiger partial charge in [0.25, 0.3) is 0 Å². The minimum absolute atomic E-state index is 0.0952. The Hall–Kier alpha value is -0.610. The highest BCUT2D eigenvalue weighted by molar-refractivity contribution is 5.80. The van der Waals surface area contributed by atoms with Gasteiger partial charge >= 0.3 is 0 Å². The monoisotopic (exact) mass is 201 g/mol. The van der Waals surface area contributed by atoms with Gasteiger partial charge in [0.05, 0.1) is 6.10 Å². The summed E-state index contributed by atoms with van der Waals surface area (Å²) in [7, 11) is 0. The molecule has 1 rings (SSSR count). The summed E-state index contributed by atoms with van der Waals surface area (Å²) < 4.78 is 5.21. The Bertz CT molecular complexity index is 188. The van der Waals surface area contributed by atoms with Crippen molar-refractivity contribution in [3.63, 3.8) is 0 Å². The molecule has 0 saturated carbocycles. The Balaban J connectivity index is 2.20. The summed E-state index contributed by atoms with van der Waals surface area (Å²) in [5, 5.41) is 12.2. The maximum absolute atomic E-state index is 11.4. The molecule has 0 aliphatic carbocycles. The van der Waals surface area contributed by atoms with E-state index in [4.69, 9.17) is 4.74 Å². The van der Waals surface area contributed by atoms with Crippen LogP contribution in [-0.4, -0.2) is 36.4 Å². The standard InChI is InChI=1S/C10H19NO3/c1-7(2)8(12)6-11-10(13)9-4-3-5-14-9/h7-9,12H,3-6H2,1-2H3,(H,11,13)/t8?,9-/m1/s1. The van der Waals surface area contributed by atoms with E-state index in [1.54, 1.807) is 0 Å². The topological polar surface area (TPSA) is 58.6 Å². The van der Waals surface area contributed by atoms with E-state index in [0.29, 0.717) is 13.2 Å². The number of nitrogens with one attached hydrogen (secondary N) is 1. The highest BCUT2D eigenvalue weighted by Crippen LogP contribution is 2.11. The number of aliphatic hydroxyl groups is 1. The molecule has 1 aliphatic rings. The fourth-order valence-corrected chi connectivity index (χ4v) is 1.34. The zero-order valence-corrected chi connectivity index (χ0v) is 8.82. The van der Waals surface area contributed by atoms with Gasteiger partial charge in [-0.2, -0.15) is 0 Å². The van der Waals surface area contributed by atoms with Gasteiger partial charge in [0, 0.05) is 13.2 Å². The molecule has 1 heterocycles. The van der Waals surface area contributed by atoms with Crippen LogP contribution in [0.5, 0.6) is 0 Å². The number of hydrogen-bond acceptors (Lipinski definition) is 3. The summed E-state index contributed by atoms with van der Waals surface area (Å²) in [6, 6.07) is 0. The Kier molecular flexibility index (Phi) is 4.35. The van der Waals surface area contributed by atoms with Gasteiger partial charge in [0.2, 0.25) is 5.91 Å². The summed E-state index contributed by atoms with van der Waals surface area (Å²) in [6.07, 6.45) is 0.976. The summed E-state index contributed by atoms with van der Waals surface area (Å²) in [6.45, 7) is 4.83. The molecule has 2 atom stereocenters. The van der Waals surface area contributed by atoms with Crippen molar-refractivity contribution in [3.8, 4) is 0 Å². The van der Waals surface area contributed by atoms with Crippen molar-refractivity contribution in [3.05, 3.63) is 0 Å². The van der Waals surface area contributed by atoms with Crippen LogP contribution in [0.15, 0.2) is 0 Å². The highest BCUT2D eigenvalue weighted by atomic mass is 16.5. The summed E-state index contributed by atoms with van der Waals surface area (Å²) in [5.74, 6) is 0.0713. The van der Waals surface area contributed by atoms with Crippen LogP contribution in [0.3, 0.4) is 0 Å². The van der Waals surface area contributed by atoms with Gasteiger partial charge in [-0.3, -0.25) is 4.79 Å². The van der Waals surface area contributed by atoms with Crippen LogP contribution in [0.1, 0.15) is 26.7 Å². The predicted molar refractivity (Wildman–Crippen MR) is 52.8 cm³/mol. The lowest BCUT2D eigenvalue weighted by molar-refractivity contribution is -0.130. The third-order valence-corrected chi connectivity index (χ3v) is 2.48. The number of carbonyl (C=O) groups excluding carboxylic acids is 1. The maximum Gasteiger partial charge on any atom is 0.249 e. The lowest BCUT2D eigenvalue weighted by atomic mass is 10.1. The van der Waals surface area contributed by atoms with Crippen molar-refractivity contribution in [1.29, 1.82) is 0 Å². The van der Waals surface area contributed by atoms with Crippen molar-refractivity contribution in [1.82, 2.24) is 5.32 Å². The predicted octanol–water partition coefficient (Wildman–Crippen LogP) is 0.298. The zero-order chi connectivity index (χ0) is 10.6. The molecule has 0 radical (unpaired) electrons. The lowest BCUT2D eigenvalue weighted by Gasteiger charge is -2.16. The molecule has 1 amide bonds. The van der Waals surface area contributed by atoms with Crippen LogP contribution in [-0.2, 0) is 9.53 Å². The normalized spacial score (nSPS) is 23.9. The number of aliphatic hydroxyl groups excluding tert-OH is 1. The lowest BCUT2D eigenvalue weighted by Crippen LogP contribution is -2.40. The third-order valence-electron chi connectivity index (χ3n) is 2.48. The van der Waals surface area contributed by atoms with E-state index in [1.165, 1.54) is 0 Å². The van der Waals surface area contributed by atoms with E-state index in [1.807, 2.05) is 13.8 Å². The molecule has 1 saturated heterocycles. The van der Waals surface area contributed by atoms with E-state index in [-0.39, 0.29) is 17.9 Å². The van der Waals surface area contributed by atoms with Gasteiger partial charge < -0.3 is 15.2 Å². The first-order valence-corrected chi connectivity index (χ1v) is 5.18. The average Bonchev–Trinajstić information content (AvgIpc) is 2.66. The number of hydrogen-bond donors (Lipinski definition) is 2. The molecule has 1 unspecified atom stereocenters. The van der Waals surface area contributed by atoms with Gasteiger partial charge in [0.15, 0.2) is 0 Å². The Morgan fingerprint density at radius 2 is 2.36 bits per heavy atom. The van der Waals surface area contributed by atoms with Gasteiger partial charge in [0.1, 0.15) is 6.10 Å². The Labute approximate surface area is 84.6 Å². The largest absolute Gasteiger partial charge is 0.391 e. The smallest absolute Gasteiger partial charge is 0.249 e. The number of ether oxygens (including phenoxy) is 1. The zero-order valence-electron chi connectivity index (χ0n) is 8.82. The van der Waals surface area contributed by atoms with Gasteiger partial charge in [-0.1, -0.05) is 13.8 Å². The van der Waals surface area contributed by atoms with Gasteiger partial charge in [-0.25, -0.2) is 0 Å². The van der Waals surface area contributed by atoms with Crippen LogP contribution < -0.4 is 5.32 Å².